The number of fused-ring (bicyclic) bond motifs is 2. The molecule has 0 radical (unpaired) electrons. The number of carbonyl (C=O) groups is 2. The van der Waals surface area contributed by atoms with Crippen molar-refractivity contribution < 1.29 is 32.2 Å². The molecule has 0 spiro atoms. The smallest absolute Gasteiger partial charge is 0.241 e. The maximum atomic E-state index is 14.1. The van der Waals surface area contributed by atoms with Crippen molar-refractivity contribution in [2.75, 3.05) is 13.9 Å². The Balaban J connectivity index is 1.26. The van der Waals surface area contributed by atoms with Gasteiger partial charge in [-0.3, -0.25) is 14.5 Å². The third-order valence-electron chi connectivity index (χ3n) is 10.6. The van der Waals surface area contributed by atoms with Gasteiger partial charge >= 0.3 is 0 Å². The predicted molar refractivity (Wildman–Crippen MR) is 209 cm³/mol. The molecular weight excluding hydrogens is 705 g/mol. The van der Waals surface area contributed by atoms with Gasteiger partial charge in [0.1, 0.15) is 5.75 Å². The zero-order valence-corrected chi connectivity index (χ0v) is 32.7. The lowest BCUT2D eigenvalue weighted by Gasteiger charge is -2.39. The van der Waals surface area contributed by atoms with Crippen LogP contribution in [-0.4, -0.2) is 57.2 Å². The number of hydrogen-bond donors (Lipinski definition) is 3. The van der Waals surface area contributed by atoms with Gasteiger partial charge in [-0.05, 0) is 104 Å². The summed E-state index contributed by atoms with van der Waals surface area (Å²) < 4.78 is 47.2. The second kappa shape index (κ2) is 16.8. The highest BCUT2D eigenvalue weighted by Gasteiger charge is 2.31. The highest BCUT2D eigenvalue weighted by atomic mass is 32.2. The highest BCUT2D eigenvalue weighted by Crippen LogP contribution is 2.36. The summed E-state index contributed by atoms with van der Waals surface area (Å²) >= 11 is 0. The zero-order valence-electron chi connectivity index (χ0n) is 31.9. The molecule has 12 heteroatoms. The molecule has 3 N–H and O–H groups in total. The van der Waals surface area contributed by atoms with Crippen molar-refractivity contribution in [2.24, 2.45) is 5.92 Å². The van der Waals surface area contributed by atoms with E-state index in [1.165, 1.54) is 25.3 Å². The Morgan fingerprint density at radius 3 is 2.20 bits per heavy atom. The molecule has 2 aliphatic rings. The minimum Gasteiger partial charge on any atom is -0.497 e. The Morgan fingerprint density at radius 1 is 0.833 bits per heavy atom. The summed E-state index contributed by atoms with van der Waals surface area (Å²) in [7, 11) is -2.55. The molecule has 11 nitrogen and oxygen atoms in total. The van der Waals surface area contributed by atoms with E-state index in [2.05, 4.69) is 46.2 Å². The predicted octanol–water partition coefficient (Wildman–Crippen LogP) is 6.77. The Labute approximate surface area is 318 Å². The second-order valence-electron chi connectivity index (χ2n) is 14.9. The van der Waals surface area contributed by atoms with Crippen LogP contribution in [0.2, 0.25) is 0 Å². The van der Waals surface area contributed by atoms with Gasteiger partial charge in [-0.15, -0.1) is 0 Å². The summed E-state index contributed by atoms with van der Waals surface area (Å²) in [4.78, 5) is 30.1. The van der Waals surface area contributed by atoms with Gasteiger partial charge in [-0.2, -0.15) is 0 Å². The van der Waals surface area contributed by atoms with Gasteiger partial charge in [0.2, 0.25) is 28.6 Å². The standard InChI is InChI=1S/C42H52N4O7S/c1-26(2)43-42(48)29(5)41(31-12-10-30(11-13-31)24-46-27(3)8-7-9-28(46)4)44-40(47)23-37(34-16-19-38-39(22-34)53-25-52-38)45-54(49,50)36-18-15-32-20-35(51-6)17-14-33(32)21-36/h10-22,26-29,37,41,45H,7-9,23-25H2,1-6H3,(H,43,48)(H,44,47)/t27-,28+,29-,37-,41?/m1/s1. The van der Waals surface area contributed by atoms with Crippen LogP contribution in [0.1, 0.15) is 89.1 Å². The van der Waals surface area contributed by atoms with Crippen LogP contribution in [0, 0.1) is 5.92 Å². The van der Waals surface area contributed by atoms with Crippen molar-refractivity contribution in [2.45, 2.75) is 102 Å². The van der Waals surface area contributed by atoms with E-state index in [0.29, 0.717) is 34.9 Å². The highest BCUT2D eigenvalue weighted by molar-refractivity contribution is 7.89. The summed E-state index contributed by atoms with van der Waals surface area (Å²) in [5.41, 5.74) is 2.47. The van der Waals surface area contributed by atoms with Crippen LogP contribution in [0.4, 0.5) is 0 Å². The van der Waals surface area contributed by atoms with E-state index < -0.39 is 33.9 Å². The molecule has 2 heterocycles. The lowest BCUT2D eigenvalue weighted by Crippen LogP contribution is -2.43. The molecule has 1 unspecified atom stereocenters. The fraction of sp³-hybridized carbons (Fsp3) is 0.429. The molecule has 288 valence electrons. The van der Waals surface area contributed by atoms with Gasteiger partial charge < -0.3 is 24.8 Å². The van der Waals surface area contributed by atoms with Gasteiger partial charge in [0.05, 0.1) is 30.0 Å². The average molecular weight is 757 g/mol. The van der Waals surface area contributed by atoms with Crippen LogP contribution in [0.25, 0.3) is 10.8 Å². The van der Waals surface area contributed by atoms with Gasteiger partial charge in [0.15, 0.2) is 11.5 Å². The van der Waals surface area contributed by atoms with E-state index >= 15 is 0 Å². The Hall–Kier alpha value is -4.65. The van der Waals surface area contributed by atoms with Gasteiger partial charge in [0, 0.05) is 31.1 Å². The largest absolute Gasteiger partial charge is 0.497 e. The number of nitrogens with one attached hydrogen (secondary N) is 3. The van der Waals surface area contributed by atoms with Gasteiger partial charge in [-0.1, -0.05) is 55.8 Å². The summed E-state index contributed by atoms with van der Waals surface area (Å²) in [6.07, 6.45) is 3.36. The second-order valence-corrected chi connectivity index (χ2v) is 16.6. The van der Waals surface area contributed by atoms with Crippen molar-refractivity contribution in [1.29, 1.82) is 0 Å². The first-order valence-corrected chi connectivity index (χ1v) is 20.2. The van der Waals surface area contributed by atoms with Crippen LogP contribution in [0.3, 0.4) is 0 Å². The maximum Gasteiger partial charge on any atom is 0.241 e. The zero-order chi connectivity index (χ0) is 38.6. The summed E-state index contributed by atoms with van der Waals surface area (Å²) in [5.74, 6) is 0.408. The quantitative estimate of drug-likeness (QED) is 0.128. The van der Waals surface area contributed by atoms with Crippen LogP contribution < -0.4 is 29.6 Å². The van der Waals surface area contributed by atoms with E-state index in [1.54, 1.807) is 56.5 Å². The molecule has 5 atom stereocenters. The van der Waals surface area contributed by atoms with Crippen molar-refractivity contribution in [3.63, 3.8) is 0 Å². The number of ether oxygens (including phenoxy) is 3. The SMILES string of the molecule is COc1ccc2cc(S(=O)(=O)N[C@H](CC(=O)NC(c3ccc(CN4[C@H](C)CCC[C@@H]4C)cc3)[C@@H](C)C(=O)NC(C)C)c3ccc4c(c3)OCO4)ccc2c1. The Kier molecular flexibility index (Phi) is 12.1. The molecule has 4 aromatic carbocycles. The number of rotatable bonds is 14. The lowest BCUT2D eigenvalue weighted by atomic mass is 9.91. The number of benzene rings is 4. The number of amides is 2. The Morgan fingerprint density at radius 2 is 1.50 bits per heavy atom. The number of carbonyl (C=O) groups excluding carboxylic acids is 2. The molecular formula is C42H52N4O7S. The molecule has 0 bridgehead atoms. The molecule has 6 rings (SSSR count). The Bertz CT molecular complexity index is 2060. The molecule has 4 aromatic rings. The molecule has 0 aromatic heterocycles. The first kappa shape index (κ1) is 39.1. The van der Waals surface area contributed by atoms with Gasteiger partial charge in [0.25, 0.3) is 0 Å². The van der Waals surface area contributed by atoms with E-state index in [0.717, 1.165) is 28.4 Å². The summed E-state index contributed by atoms with van der Waals surface area (Å²) in [5, 5.41) is 7.63. The van der Waals surface area contributed by atoms with Crippen LogP contribution in [0.5, 0.6) is 17.2 Å². The molecule has 54 heavy (non-hydrogen) atoms. The summed E-state index contributed by atoms with van der Waals surface area (Å²) in [6, 6.07) is 22.7. The third kappa shape index (κ3) is 9.17. The van der Waals surface area contributed by atoms with Crippen molar-refractivity contribution in [3.05, 3.63) is 95.6 Å². The number of piperidine rings is 1. The number of nitrogens with zero attached hydrogens (tertiary/aromatic N) is 1. The van der Waals surface area contributed by atoms with Crippen molar-refractivity contribution in [3.8, 4) is 17.2 Å². The molecule has 1 fully saturated rings. The normalized spacial score (nSPS) is 18.9. The molecule has 2 amide bonds. The number of hydrogen-bond acceptors (Lipinski definition) is 8. The van der Waals surface area contributed by atoms with Crippen LogP contribution >= 0.6 is 0 Å². The van der Waals surface area contributed by atoms with E-state index in [4.69, 9.17) is 14.2 Å². The third-order valence-corrected chi connectivity index (χ3v) is 12.0. The first-order chi connectivity index (χ1) is 25.8. The van der Waals surface area contributed by atoms with Crippen LogP contribution in [-0.2, 0) is 26.2 Å². The fourth-order valence-electron chi connectivity index (χ4n) is 7.42. The van der Waals surface area contributed by atoms with E-state index in [-0.39, 0.29) is 30.1 Å². The number of methoxy groups -OCH3 is 1. The minimum atomic E-state index is -4.12. The van der Waals surface area contributed by atoms with Crippen molar-refractivity contribution >= 4 is 32.6 Å². The van der Waals surface area contributed by atoms with Crippen LogP contribution in [0.15, 0.2) is 83.8 Å². The number of sulfonamides is 1. The van der Waals surface area contributed by atoms with E-state index in [9.17, 15) is 18.0 Å². The molecule has 1 saturated heterocycles. The molecule has 0 aliphatic carbocycles. The van der Waals surface area contributed by atoms with Gasteiger partial charge in [-0.25, -0.2) is 13.1 Å². The number of likely N-dealkylation sites (tertiary alicyclic amines) is 1. The monoisotopic (exact) mass is 756 g/mol. The van der Waals surface area contributed by atoms with Crippen molar-refractivity contribution in [1.82, 2.24) is 20.3 Å². The molecule has 0 saturated carbocycles. The van der Waals surface area contributed by atoms with E-state index in [1.807, 2.05) is 32.0 Å². The first-order valence-electron chi connectivity index (χ1n) is 18.7. The topological polar surface area (TPSA) is 135 Å². The maximum absolute atomic E-state index is 14.1. The lowest BCUT2D eigenvalue weighted by molar-refractivity contribution is -0.127. The molecule has 2 aliphatic heterocycles. The summed E-state index contributed by atoms with van der Waals surface area (Å²) in [6.45, 7) is 11.0. The average Bonchev–Trinajstić information content (AvgIpc) is 3.63. The fourth-order valence-corrected chi connectivity index (χ4v) is 8.68. The minimum absolute atomic E-state index is 0.0461.